The van der Waals surface area contributed by atoms with E-state index < -0.39 is 0 Å². The molecule has 0 spiro atoms. The Hall–Kier alpha value is -1.89. The maximum absolute atomic E-state index is 12.1. The van der Waals surface area contributed by atoms with E-state index >= 15 is 0 Å². The van der Waals surface area contributed by atoms with Gasteiger partial charge in [-0.3, -0.25) is 9.59 Å². The number of hydrogen-bond donors (Lipinski definition) is 3. The van der Waals surface area contributed by atoms with Crippen molar-refractivity contribution >= 4 is 46.9 Å². The smallest absolute Gasteiger partial charge is 0.265 e. The van der Waals surface area contributed by atoms with Gasteiger partial charge in [-0.2, -0.15) is 0 Å². The second-order valence-electron chi connectivity index (χ2n) is 5.19. The van der Waals surface area contributed by atoms with Crippen LogP contribution < -0.4 is 16.0 Å². The van der Waals surface area contributed by atoms with Gasteiger partial charge in [0.25, 0.3) is 5.91 Å². The molecule has 23 heavy (non-hydrogen) atoms. The van der Waals surface area contributed by atoms with E-state index in [1.165, 1.54) is 11.3 Å². The number of carbonyl (C=O) groups is 2. The molecule has 2 amide bonds. The highest BCUT2D eigenvalue weighted by Crippen LogP contribution is 2.19. The minimum Gasteiger partial charge on any atom is -0.326 e. The number of nitrogens with one attached hydrogen (secondary N) is 3. The highest BCUT2D eigenvalue weighted by atomic mass is 35.5. The van der Waals surface area contributed by atoms with Gasteiger partial charge in [0.2, 0.25) is 5.91 Å². The molecule has 5 nitrogen and oxygen atoms in total. The first-order chi connectivity index (χ1) is 10.7. The van der Waals surface area contributed by atoms with Gasteiger partial charge in [-0.25, -0.2) is 0 Å². The van der Waals surface area contributed by atoms with Crippen LogP contribution in [0.5, 0.6) is 0 Å². The Morgan fingerprint density at radius 3 is 2.57 bits per heavy atom. The van der Waals surface area contributed by atoms with E-state index in [0.717, 1.165) is 19.5 Å². The zero-order valence-electron chi connectivity index (χ0n) is 12.4. The lowest BCUT2D eigenvalue weighted by Gasteiger charge is -2.11. The lowest BCUT2D eigenvalue weighted by Crippen LogP contribution is -2.24. The molecule has 2 aromatic rings. The molecule has 0 bridgehead atoms. The van der Waals surface area contributed by atoms with Crippen LogP contribution in [0.2, 0.25) is 0 Å². The summed E-state index contributed by atoms with van der Waals surface area (Å²) in [6, 6.07) is 10.8. The predicted octanol–water partition coefficient (Wildman–Crippen LogP) is 2.97. The highest BCUT2D eigenvalue weighted by molar-refractivity contribution is 7.12. The molecule has 2 heterocycles. The predicted molar refractivity (Wildman–Crippen MR) is 95.6 cm³/mol. The van der Waals surface area contributed by atoms with Crippen molar-refractivity contribution in [2.24, 2.45) is 5.92 Å². The number of hydrogen-bond acceptors (Lipinski definition) is 4. The van der Waals surface area contributed by atoms with Crippen molar-refractivity contribution in [1.29, 1.82) is 0 Å². The van der Waals surface area contributed by atoms with E-state index in [-0.39, 0.29) is 30.1 Å². The monoisotopic (exact) mass is 351 g/mol. The normalized spacial score (nSPS) is 16.4. The van der Waals surface area contributed by atoms with Crippen LogP contribution in [-0.4, -0.2) is 24.9 Å². The highest BCUT2D eigenvalue weighted by Gasteiger charge is 2.22. The molecule has 3 N–H and O–H groups in total. The largest absolute Gasteiger partial charge is 0.326 e. The first kappa shape index (κ1) is 17.5. The van der Waals surface area contributed by atoms with E-state index in [4.69, 9.17) is 0 Å². The molecule has 1 aliphatic heterocycles. The molecule has 1 aromatic carbocycles. The topological polar surface area (TPSA) is 70.2 Å². The average molecular weight is 352 g/mol. The van der Waals surface area contributed by atoms with Gasteiger partial charge in [0.15, 0.2) is 0 Å². The minimum absolute atomic E-state index is 0. The molecule has 1 aliphatic rings. The van der Waals surface area contributed by atoms with Gasteiger partial charge in [0.05, 0.1) is 10.8 Å². The first-order valence-corrected chi connectivity index (χ1v) is 8.07. The molecule has 3 rings (SSSR count). The maximum atomic E-state index is 12.1. The van der Waals surface area contributed by atoms with E-state index in [2.05, 4.69) is 16.0 Å². The van der Waals surface area contributed by atoms with E-state index in [1.54, 1.807) is 18.2 Å². The van der Waals surface area contributed by atoms with Crippen LogP contribution in [0.4, 0.5) is 11.4 Å². The standard InChI is InChI=1S/C16H17N3O2S.ClH/c20-15(11-6-7-17-10-11)18-12-3-1-4-13(9-12)19-16(21)14-5-2-8-22-14;/h1-5,8-9,11,17H,6-7,10H2,(H,18,20)(H,19,21);1H. The third kappa shape index (κ3) is 4.54. The average Bonchev–Trinajstić information content (AvgIpc) is 3.21. The summed E-state index contributed by atoms with van der Waals surface area (Å²) >= 11 is 1.39. The van der Waals surface area contributed by atoms with Gasteiger partial charge < -0.3 is 16.0 Å². The summed E-state index contributed by atoms with van der Waals surface area (Å²) < 4.78 is 0. The summed E-state index contributed by atoms with van der Waals surface area (Å²) in [6.45, 7) is 1.61. The Morgan fingerprint density at radius 2 is 1.91 bits per heavy atom. The number of anilines is 2. The lowest BCUT2D eigenvalue weighted by molar-refractivity contribution is -0.119. The van der Waals surface area contributed by atoms with Crippen LogP contribution >= 0.6 is 23.7 Å². The maximum Gasteiger partial charge on any atom is 0.265 e. The van der Waals surface area contributed by atoms with Crippen LogP contribution in [0.15, 0.2) is 41.8 Å². The third-order valence-electron chi connectivity index (χ3n) is 3.56. The fraction of sp³-hybridized carbons (Fsp3) is 0.250. The van der Waals surface area contributed by atoms with E-state index in [0.29, 0.717) is 16.3 Å². The van der Waals surface area contributed by atoms with Crippen molar-refractivity contribution in [3.8, 4) is 0 Å². The molecule has 0 aliphatic carbocycles. The molecule has 1 fully saturated rings. The van der Waals surface area contributed by atoms with Crippen LogP contribution in [0.25, 0.3) is 0 Å². The Bertz CT molecular complexity index is 670. The third-order valence-corrected chi connectivity index (χ3v) is 4.43. The van der Waals surface area contributed by atoms with Crippen molar-refractivity contribution in [3.05, 3.63) is 46.7 Å². The molecule has 1 unspecified atom stereocenters. The van der Waals surface area contributed by atoms with Crippen molar-refractivity contribution in [2.45, 2.75) is 6.42 Å². The fourth-order valence-corrected chi connectivity index (χ4v) is 3.02. The van der Waals surface area contributed by atoms with Gasteiger partial charge in [-0.05, 0) is 42.6 Å². The molecule has 122 valence electrons. The summed E-state index contributed by atoms with van der Waals surface area (Å²) in [5.74, 6) is -0.102. The molecule has 1 saturated heterocycles. The number of amides is 2. The quantitative estimate of drug-likeness (QED) is 0.793. The van der Waals surface area contributed by atoms with E-state index in [9.17, 15) is 9.59 Å². The summed E-state index contributed by atoms with van der Waals surface area (Å²) in [4.78, 5) is 24.8. The Kier molecular flexibility index (Phi) is 6.15. The SMILES string of the molecule is Cl.O=C(Nc1cccc(NC(=O)C2CCNC2)c1)c1cccs1. The number of carbonyl (C=O) groups excluding carboxylic acids is 2. The zero-order valence-corrected chi connectivity index (χ0v) is 14.0. The van der Waals surface area contributed by atoms with Gasteiger partial charge in [0, 0.05) is 17.9 Å². The van der Waals surface area contributed by atoms with Gasteiger partial charge in [0.1, 0.15) is 0 Å². The molecular weight excluding hydrogens is 334 g/mol. The number of halogens is 1. The summed E-state index contributed by atoms with van der Waals surface area (Å²) in [7, 11) is 0. The van der Waals surface area contributed by atoms with Crippen LogP contribution in [0.3, 0.4) is 0 Å². The molecular formula is C16H18ClN3O2S. The number of thiophene rings is 1. The lowest BCUT2D eigenvalue weighted by atomic mass is 10.1. The van der Waals surface area contributed by atoms with Crippen molar-refractivity contribution in [1.82, 2.24) is 5.32 Å². The molecule has 1 atom stereocenters. The molecule has 0 saturated carbocycles. The molecule has 0 radical (unpaired) electrons. The van der Waals surface area contributed by atoms with Crippen molar-refractivity contribution in [3.63, 3.8) is 0 Å². The molecule has 1 aromatic heterocycles. The molecule has 7 heteroatoms. The number of rotatable bonds is 4. The Morgan fingerprint density at radius 1 is 1.13 bits per heavy atom. The minimum atomic E-state index is -0.140. The number of benzene rings is 1. The fourth-order valence-electron chi connectivity index (χ4n) is 2.40. The second-order valence-corrected chi connectivity index (χ2v) is 6.14. The van der Waals surface area contributed by atoms with Gasteiger partial charge in [-0.1, -0.05) is 12.1 Å². The Balaban J connectivity index is 0.00000192. The summed E-state index contributed by atoms with van der Waals surface area (Å²) in [5, 5.41) is 10.8. The van der Waals surface area contributed by atoms with Crippen LogP contribution in [-0.2, 0) is 4.79 Å². The van der Waals surface area contributed by atoms with Gasteiger partial charge >= 0.3 is 0 Å². The van der Waals surface area contributed by atoms with E-state index in [1.807, 2.05) is 23.6 Å². The zero-order chi connectivity index (χ0) is 15.4. The second kappa shape index (κ2) is 8.10. The van der Waals surface area contributed by atoms with Crippen LogP contribution in [0, 0.1) is 5.92 Å². The first-order valence-electron chi connectivity index (χ1n) is 7.19. The summed E-state index contributed by atoms with van der Waals surface area (Å²) in [6.07, 6.45) is 0.862. The summed E-state index contributed by atoms with van der Waals surface area (Å²) in [5.41, 5.74) is 1.36. The van der Waals surface area contributed by atoms with Crippen molar-refractivity contribution < 1.29 is 9.59 Å². The van der Waals surface area contributed by atoms with Gasteiger partial charge in [-0.15, -0.1) is 23.7 Å². The Labute approximate surface area is 144 Å². The van der Waals surface area contributed by atoms with Crippen molar-refractivity contribution in [2.75, 3.05) is 23.7 Å². The van der Waals surface area contributed by atoms with Crippen LogP contribution in [0.1, 0.15) is 16.1 Å².